The molecule has 0 aliphatic heterocycles. The van der Waals surface area contributed by atoms with Gasteiger partial charge in [-0.3, -0.25) is 4.79 Å². The first-order valence-electron chi connectivity index (χ1n) is 6.68. The topological polar surface area (TPSA) is 26.3 Å². The van der Waals surface area contributed by atoms with Crippen molar-refractivity contribution in [3.63, 3.8) is 0 Å². The summed E-state index contributed by atoms with van der Waals surface area (Å²) in [7, 11) is 0. The lowest BCUT2D eigenvalue weighted by Gasteiger charge is -2.08. The Hall–Kier alpha value is -1.68. The number of hydrogen-bond acceptors (Lipinski definition) is 2. The van der Waals surface area contributed by atoms with Crippen LogP contribution in [-0.4, -0.2) is 12.4 Å². The van der Waals surface area contributed by atoms with Crippen molar-refractivity contribution < 1.29 is 13.9 Å². The van der Waals surface area contributed by atoms with Gasteiger partial charge in [0.2, 0.25) is 0 Å². The third-order valence-electron chi connectivity index (χ3n) is 3.11. The molecule has 0 saturated carbocycles. The van der Waals surface area contributed by atoms with Crippen LogP contribution in [0.3, 0.4) is 0 Å². The van der Waals surface area contributed by atoms with E-state index in [0.717, 1.165) is 0 Å². The fourth-order valence-corrected chi connectivity index (χ4v) is 2.34. The van der Waals surface area contributed by atoms with E-state index >= 15 is 0 Å². The number of hydrogen-bond donors (Lipinski definition) is 0. The van der Waals surface area contributed by atoms with Crippen LogP contribution in [0.1, 0.15) is 35.7 Å². The van der Waals surface area contributed by atoms with E-state index in [9.17, 15) is 9.18 Å². The van der Waals surface area contributed by atoms with Gasteiger partial charge in [-0.05, 0) is 23.6 Å². The number of rotatable bonds is 5. The second kappa shape index (κ2) is 6.85. The van der Waals surface area contributed by atoms with Crippen LogP contribution in [0.5, 0.6) is 5.75 Å². The predicted octanol–water partition coefficient (Wildman–Crippen LogP) is 4.97. The molecule has 0 spiro atoms. The highest BCUT2D eigenvalue weighted by atomic mass is 79.9. The van der Waals surface area contributed by atoms with Gasteiger partial charge in [0.15, 0.2) is 12.4 Å². The molecule has 0 aliphatic carbocycles. The van der Waals surface area contributed by atoms with Gasteiger partial charge in [-0.2, -0.15) is 0 Å². The first-order valence-corrected chi connectivity index (χ1v) is 7.47. The molecule has 0 unspecified atom stereocenters. The molecule has 0 fully saturated rings. The standard InChI is InChI=1S/C17H16BrFO2/c1-11(2)12-3-5-13(6-4-12)17(20)10-21-16-8-14(18)7-15(19)9-16/h3-9,11H,10H2,1-2H3. The molecule has 0 aromatic heterocycles. The van der Waals surface area contributed by atoms with E-state index in [4.69, 9.17) is 4.74 Å². The Bertz CT molecular complexity index is 615. The summed E-state index contributed by atoms with van der Waals surface area (Å²) in [4.78, 5) is 12.0. The Morgan fingerprint density at radius 2 is 1.86 bits per heavy atom. The number of ketones is 1. The van der Waals surface area contributed by atoms with Gasteiger partial charge in [0.1, 0.15) is 11.6 Å². The monoisotopic (exact) mass is 350 g/mol. The molecule has 0 aliphatic rings. The molecule has 2 rings (SSSR count). The lowest BCUT2D eigenvalue weighted by molar-refractivity contribution is 0.0921. The normalized spacial score (nSPS) is 10.7. The summed E-state index contributed by atoms with van der Waals surface area (Å²) in [6.45, 7) is 4.08. The lowest BCUT2D eigenvalue weighted by Crippen LogP contribution is -2.11. The molecule has 4 heteroatoms. The maximum atomic E-state index is 13.2. The maximum Gasteiger partial charge on any atom is 0.200 e. The zero-order valence-corrected chi connectivity index (χ0v) is 13.5. The molecule has 0 saturated heterocycles. The van der Waals surface area contributed by atoms with Crippen molar-refractivity contribution in [2.45, 2.75) is 19.8 Å². The van der Waals surface area contributed by atoms with Gasteiger partial charge in [0.25, 0.3) is 0 Å². The molecule has 0 bridgehead atoms. The van der Waals surface area contributed by atoms with Crippen LogP contribution >= 0.6 is 15.9 Å². The van der Waals surface area contributed by atoms with Gasteiger partial charge in [-0.1, -0.05) is 54.0 Å². The maximum absolute atomic E-state index is 13.2. The highest BCUT2D eigenvalue weighted by Crippen LogP contribution is 2.21. The molecular weight excluding hydrogens is 335 g/mol. The molecule has 21 heavy (non-hydrogen) atoms. The first-order chi connectivity index (χ1) is 9.95. The predicted molar refractivity (Wildman–Crippen MR) is 84.5 cm³/mol. The van der Waals surface area contributed by atoms with Gasteiger partial charge in [-0.15, -0.1) is 0 Å². The molecule has 0 amide bonds. The van der Waals surface area contributed by atoms with E-state index in [1.54, 1.807) is 18.2 Å². The Kier molecular flexibility index (Phi) is 5.12. The van der Waals surface area contributed by atoms with Gasteiger partial charge in [0.05, 0.1) is 0 Å². The van der Waals surface area contributed by atoms with Crippen LogP contribution in [0.15, 0.2) is 46.9 Å². The Labute approximate surface area is 132 Å². The lowest BCUT2D eigenvalue weighted by atomic mass is 10.0. The Morgan fingerprint density at radius 3 is 2.43 bits per heavy atom. The quantitative estimate of drug-likeness (QED) is 0.711. The van der Waals surface area contributed by atoms with E-state index in [-0.39, 0.29) is 12.4 Å². The van der Waals surface area contributed by atoms with Crippen molar-refractivity contribution in [3.8, 4) is 5.75 Å². The number of carbonyl (C=O) groups is 1. The molecule has 0 heterocycles. The van der Waals surface area contributed by atoms with Gasteiger partial charge < -0.3 is 4.74 Å². The van der Waals surface area contributed by atoms with Crippen LogP contribution in [0.4, 0.5) is 4.39 Å². The third kappa shape index (κ3) is 4.39. The molecular formula is C17H16BrFO2. The first kappa shape index (κ1) is 15.7. The van der Waals surface area contributed by atoms with Gasteiger partial charge >= 0.3 is 0 Å². The van der Waals surface area contributed by atoms with Crippen molar-refractivity contribution in [2.75, 3.05) is 6.61 Å². The van der Waals surface area contributed by atoms with Gasteiger partial charge in [0, 0.05) is 16.1 Å². The third-order valence-corrected chi connectivity index (χ3v) is 3.56. The van der Waals surface area contributed by atoms with Crippen LogP contribution in [0.25, 0.3) is 0 Å². The Balaban J connectivity index is 2.01. The highest BCUT2D eigenvalue weighted by Gasteiger charge is 2.09. The van der Waals surface area contributed by atoms with E-state index in [2.05, 4.69) is 29.8 Å². The molecule has 0 radical (unpaired) electrons. The average Bonchev–Trinajstić information content (AvgIpc) is 2.44. The number of Topliss-reactive ketones (excluding diaryl/α,β-unsaturated/α-hetero) is 1. The zero-order chi connectivity index (χ0) is 15.4. The van der Waals surface area contributed by atoms with Crippen molar-refractivity contribution in [2.24, 2.45) is 0 Å². The van der Waals surface area contributed by atoms with Crippen LogP contribution < -0.4 is 4.74 Å². The molecule has 2 aromatic rings. The number of halogens is 2. The fraction of sp³-hybridized carbons (Fsp3) is 0.235. The fourth-order valence-electron chi connectivity index (χ4n) is 1.90. The van der Waals surface area contributed by atoms with Crippen LogP contribution in [0, 0.1) is 5.82 Å². The summed E-state index contributed by atoms with van der Waals surface area (Å²) >= 11 is 3.18. The molecule has 0 atom stereocenters. The zero-order valence-electron chi connectivity index (χ0n) is 11.9. The SMILES string of the molecule is CC(C)c1ccc(C(=O)COc2cc(F)cc(Br)c2)cc1. The minimum atomic E-state index is -0.409. The van der Waals surface area contributed by atoms with Gasteiger partial charge in [-0.25, -0.2) is 4.39 Å². The van der Waals surface area contributed by atoms with Crippen LogP contribution in [-0.2, 0) is 0 Å². The Morgan fingerprint density at radius 1 is 1.19 bits per heavy atom. The molecule has 2 nitrogen and oxygen atoms in total. The number of benzene rings is 2. The second-order valence-corrected chi connectivity index (χ2v) is 6.01. The summed E-state index contributed by atoms with van der Waals surface area (Å²) in [6.07, 6.45) is 0. The van der Waals surface area contributed by atoms with E-state index < -0.39 is 5.82 Å². The molecule has 2 aromatic carbocycles. The summed E-state index contributed by atoms with van der Waals surface area (Å²) in [5.41, 5.74) is 1.77. The summed E-state index contributed by atoms with van der Waals surface area (Å²) in [5.74, 6) is 0.211. The van der Waals surface area contributed by atoms with Crippen molar-refractivity contribution in [1.29, 1.82) is 0 Å². The minimum absolute atomic E-state index is 0.114. The second-order valence-electron chi connectivity index (χ2n) is 5.09. The largest absolute Gasteiger partial charge is 0.485 e. The van der Waals surface area contributed by atoms with E-state index in [0.29, 0.717) is 21.7 Å². The number of ether oxygens (including phenoxy) is 1. The van der Waals surface area contributed by atoms with Crippen molar-refractivity contribution in [1.82, 2.24) is 0 Å². The molecule has 110 valence electrons. The highest BCUT2D eigenvalue weighted by molar-refractivity contribution is 9.10. The minimum Gasteiger partial charge on any atom is -0.485 e. The van der Waals surface area contributed by atoms with E-state index in [1.165, 1.54) is 17.7 Å². The summed E-state index contributed by atoms with van der Waals surface area (Å²) < 4.78 is 19.1. The average molecular weight is 351 g/mol. The number of carbonyl (C=O) groups excluding carboxylic acids is 1. The van der Waals surface area contributed by atoms with Crippen molar-refractivity contribution in [3.05, 3.63) is 63.9 Å². The summed E-state index contributed by atoms with van der Waals surface area (Å²) in [5, 5.41) is 0. The van der Waals surface area contributed by atoms with E-state index in [1.807, 2.05) is 12.1 Å². The van der Waals surface area contributed by atoms with Crippen molar-refractivity contribution >= 4 is 21.7 Å². The van der Waals surface area contributed by atoms with Crippen LogP contribution in [0.2, 0.25) is 0 Å². The summed E-state index contributed by atoms with van der Waals surface area (Å²) in [6, 6.07) is 11.7. The smallest absolute Gasteiger partial charge is 0.200 e. The molecule has 0 N–H and O–H groups in total.